The number of hydrogen-bond donors (Lipinski definition) is 1. The highest BCUT2D eigenvalue weighted by Gasteiger charge is 2.25. The molecule has 0 fully saturated rings. The molecule has 1 aliphatic rings. The van der Waals surface area contributed by atoms with Crippen LogP contribution in [0.15, 0.2) is 42.5 Å². The van der Waals surface area contributed by atoms with Crippen LogP contribution in [-0.2, 0) is 13.0 Å². The van der Waals surface area contributed by atoms with E-state index in [1.54, 1.807) is 19.2 Å². The molecular weight excluding hydrogens is 324 g/mol. The molecule has 5 heteroatoms. The molecule has 0 spiro atoms. The molecule has 0 saturated carbocycles. The first kappa shape index (κ1) is 15.1. The Balaban J connectivity index is 1.67. The van der Waals surface area contributed by atoms with Crippen LogP contribution in [0, 0.1) is 0 Å². The van der Waals surface area contributed by atoms with E-state index < -0.39 is 0 Å². The zero-order valence-electron chi connectivity index (χ0n) is 13.3. The highest BCUT2D eigenvalue weighted by Crippen LogP contribution is 2.31. The van der Waals surface area contributed by atoms with Gasteiger partial charge >= 0.3 is 0 Å². The lowest BCUT2D eigenvalue weighted by Gasteiger charge is -2.27. The van der Waals surface area contributed by atoms with Crippen molar-refractivity contribution in [1.29, 1.82) is 0 Å². The van der Waals surface area contributed by atoms with Gasteiger partial charge in [0.1, 0.15) is 5.75 Å². The molecule has 0 unspecified atom stereocenters. The molecular formula is C19H17ClN2O2. The van der Waals surface area contributed by atoms with E-state index in [0.29, 0.717) is 23.7 Å². The van der Waals surface area contributed by atoms with Crippen LogP contribution in [0.3, 0.4) is 0 Å². The fourth-order valence-corrected chi connectivity index (χ4v) is 3.54. The molecule has 0 aliphatic carbocycles. The average Bonchev–Trinajstić information content (AvgIpc) is 2.98. The number of aromatic amines is 1. The lowest BCUT2D eigenvalue weighted by Crippen LogP contribution is -2.36. The number of rotatable bonds is 2. The summed E-state index contributed by atoms with van der Waals surface area (Å²) in [5.74, 6) is 0.821. The van der Waals surface area contributed by atoms with Gasteiger partial charge in [0.05, 0.1) is 24.2 Å². The summed E-state index contributed by atoms with van der Waals surface area (Å²) in [6.45, 7) is 1.25. The Kier molecular flexibility index (Phi) is 3.69. The normalized spacial score (nSPS) is 13.8. The van der Waals surface area contributed by atoms with Gasteiger partial charge in [-0.1, -0.05) is 23.7 Å². The first-order chi connectivity index (χ1) is 11.7. The van der Waals surface area contributed by atoms with Crippen LogP contribution in [0.25, 0.3) is 10.9 Å². The van der Waals surface area contributed by atoms with Crippen molar-refractivity contribution in [2.24, 2.45) is 0 Å². The summed E-state index contributed by atoms with van der Waals surface area (Å²) in [6, 6.07) is 13.2. The van der Waals surface area contributed by atoms with E-state index in [1.165, 1.54) is 10.9 Å². The van der Waals surface area contributed by atoms with E-state index in [4.69, 9.17) is 16.3 Å². The van der Waals surface area contributed by atoms with Crippen molar-refractivity contribution >= 4 is 28.4 Å². The van der Waals surface area contributed by atoms with Gasteiger partial charge in [-0.15, -0.1) is 0 Å². The molecule has 2 aromatic carbocycles. The number of fused-ring (bicyclic) bond motifs is 3. The number of nitrogens with one attached hydrogen (secondary N) is 1. The zero-order chi connectivity index (χ0) is 16.7. The molecule has 1 aliphatic heterocycles. The Bertz CT molecular complexity index is 932. The van der Waals surface area contributed by atoms with E-state index in [1.807, 2.05) is 29.2 Å². The molecule has 4 rings (SSSR count). The van der Waals surface area contributed by atoms with Gasteiger partial charge in [-0.25, -0.2) is 0 Å². The molecule has 0 atom stereocenters. The fraction of sp³-hybridized carbons (Fsp3) is 0.211. The predicted molar refractivity (Wildman–Crippen MR) is 94.7 cm³/mol. The van der Waals surface area contributed by atoms with Crippen LogP contribution >= 0.6 is 11.6 Å². The number of benzene rings is 2. The number of carbonyl (C=O) groups is 1. The largest absolute Gasteiger partial charge is 0.497 e. The Morgan fingerprint density at radius 2 is 2.08 bits per heavy atom. The third kappa shape index (κ3) is 2.43. The van der Waals surface area contributed by atoms with Crippen LogP contribution < -0.4 is 4.74 Å². The second-order valence-electron chi connectivity index (χ2n) is 5.95. The van der Waals surface area contributed by atoms with Crippen molar-refractivity contribution in [3.8, 4) is 5.75 Å². The van der Waals surface area contributed by atoms with Gasteiger partial charge in [0, 0.05) is 23.1 Å². The third-order valence-corrected chi connectivity index (χ3v) is 4.90. The Morgan fingerprint density at radius 3 is 2.88 bits per heavy atom. The number of H-pyrrole nitrogens is 1. The second-order valence-corrected chi connectivity index (χ2v) is 6.36. The highest BCUT2D eigenvalue weighted by atomic mass is 35.5. The number of carbonyl (C=O) groups excluding carboxylic acids is 1. The van der Waals surface area contributed by atoms with Gasteiger partial charge in [0.25, 0.3) is 5.91 Å². The number of aromatic nitrogens is 1. The second kappa shape index (κ2) is 5.87. The minimum Gasteiger partial charge on any atom is -0.497 e. The topological polar surface area (TPSA) is 45.3 Å². The average molecular weight is 341 g/mol. The fourth-order valence-electron chi connectivity index (χ4n) is 3.33. The van der Waals surface area contributed by atoms with Gasteiger partial charge in [-0.2, -0.15) is 0 Å². The minimum atomic E-state index is -0.0255. The maximum absolute atomic E-state index is 12.8. The van der Waals surface area contributed by atoms with Crippen molar-refractivity contribution in [3.05, 3.63) is 64.3 Å². The quantitative estimate of drug-likeness (QED) is 0.765. The van der Waals surface area contributed by atoms with E-state index in [0.717, 1.165) is 23.4 Å². The standard InChI is InChI=1S/C19H17ClN2O2/c1-24-12-6-7-17-15(10-12)13-8-9-22(11-18(13)21-17)19(23)14-4-2-3-5-16(14)20/h2-7,10,21H,8-9,11H2,1H3. The SMILES string of the molecule is COc1ccc2[nH]c3c(c2c1)CCN(C(=O)c1ccccc1Cl)C3. The summed E-state index contributed by atoms with van der Waals surface area (Å²) in [4.78, 5) is 18.0. The van der Waals surface area contributed by atoms with Crippen molar-refractivity contribution in [2.75, 3.05) is 13.7 Å². The molecule has 0 bridgehead atoms. The Hall–Kier alpha value is -2.46. The lowest BCUT2D eigenvalue weighted by molar-refractivity contribution is 0.0733. The highest BCUT2D eigenvalue weighted by molar-refractivity contribution is 6.33. The summed E-state index contributed by atoms with van der Waals surface area (Å²) in [5.41, 5.74) is 3.99. The predicted octanol–water partition coefficient (Wildman–Crippen LogP) is 4.03. The van der Waals surface area contributed by atoms with Gasteiger partial charge in [0.15, 0.2) is 0 Å². The molecule has 3 aromatic rings. The number of ether oxygens (including phenoxy) is 1. The zero-order valence-corrected chi connectivity index (χ0v) is 14.1. The molecule has 4 nitrogen and oxygen atoms in total. The van der Waals surface area contributed by atoms with Gasteiger partial charge < -0.3 is 14.6 Å². The summed E-state index contributed by atoms with van der Waals surface area (Å²) in [6.07, 6.45) is 0.818. The van der Waals surface area contributed by atoms with Crippen molar-refractivity contribution < 1.29 is 9.53 Å². The number of amides is 1. The van der Waals surface area contributed by atoms with Crippen LogP contribution in [0.2, 0.25) is 5.02 Å². The minimum absolute atomic E-state index is 0.0255. The summed E-state index contributed by atoms with van der Waals surface area (Å²) < 4.78 is 5.32. The molecule has 1 N–H and O–H groups in total. The third-order valence-electron chi connectivity index (χ3n) is 4.57. The molecule has 2 heterocycles. The van der Waals surface area contributed by atoms with Crippen molar-refractivity contribution in [1.82, 2.24) is 9.88 Å². The summed E-state index contributed by atoms with van der Waals surface area (Å²) in [7, 11) is 1.67. The maximum atomic E-state index is 12.8. The van der Waals surface area contributed by atoms with Crippen LogP contribution in [-0.4, -0.2) is 29.4 Å². The smallest absolute Gasteiger partial charge is 0.255 e. The molecule has 0 radical (unpaired) electrons. The van der Waals surface area contributed by atoms with Gasteiger partial charge in [-0.3, -0.25) is 4.79 Å². The van der Waals surface area contributed by atoms with E-state index in [9.17, 15) is 4.79 Å². The molecule has 1 amide bonds. The Morgan fingerprint density at radius 1 is 1.25 bits per heavy atom. The van der Waals surface area contributed by atoms with Crippen molar-refractivity contribution in [3.63, 3.8) is 0 Å². The van der Waals surface area contributed by atoms with Crippen LogP contribution in [0.1, 0.15) is 21.6 Å². The molecule has 24 heavy (non-hydrogen) atoms. The van der Waals surface area contributed by atoms with E-state index in [2.05, 4.69) is 11.1 Å². The Labute approximate surface area is 145 Å². The van der Waals surface area contributed by atoms with E-state index >= 15 is 0 Å². The number of halogens is 1. The first-order valence-corrected chi connectivity index (χ1v) is 8.26. The van der Waals surface area contributed by atoms with E-state index in [-0.39, 0.29) is 5.91 Å². The summed E-state index contributed by atoms with van der Waals surface area (Å²) >= 11 is 6.17. The van der Waals surface area contributed by atoms with Crippen LogP contribution in [0.4, 0.5) is 0 Å². The number of hydrogen-bond acceptors (Lipinski definition) is 2. The van der Waals surface area contributed by atoms with Gasteiger partial charge in [0.2, 0.25) is 0 Å². The number of nitrogens with zero attached hydrogens (tertiary/aromatic N) is 1. The van der Waals surface area contributed by atoms with Crippen molar-refractivity contribution in [2.45, 2.75) is 13.0 Å². The lowest BCUT2D eigenvalue weighted by atomic mass is 10.0. The molecule has 1 aromatic heterocycles. The van der Waals surface area contributed by atoms with Crippen LogP contribution in [0.5, 0.6) is 5.75 Å². The monoisotopic (exact) mass is 340 g/mol. The maximum Gasteiger partial charge on any atom is 0.255 e. The molecule has 0 saturated heterocycles. The first-order valence-electron chi connectivity index (χ1n) is 7.88. The summed E-state index contributed by atoms with van der Waals surface area (Å²) in [5, 5.41) is 1.67. The molecule has 122 valence electrons. The number of methoxy groups -OCH3 is 1. The van der Waals surface area contributed by atoms with Gasteiger partial charge in [-0.05, 0) is 42.3 Å².